The Hall–Kier alpha value is -0.590. The fraction of sp³-hybridized carbons (Fsp3) is 0.857. The molecule has 1 aliphatic rings. The molecule has 1 rings (SSSR count). The third kappa shape index (κ3) is 1.28. The van der Waals surface area contributed by atoms with E-state index in [0.717, 1.165) is 19.6 Å². The molecule has 1 unspecified atom stereocenters. The van der Waals surface area contributed by atoms with Crippen molar-refractivity contribution in [2.75, 3.05) is 19.6 Å². The Morgan fingerprint density at radius 2 is 2.40 bits per heavy atom. The number of nitrogens with two attached hydrogens (primary N) is 1. The lowest BCUT2D eigenvalue weighted by Crippen LogP contribution is -2.53. The molecule has 1 fully saturated rings. The molecule has 56 valence electrons. The predicted octanol–water partition coefficient (Wildman–Crippen LogP) is -0.211. The van der Waals surface area contributed by atoms with E-state index in [2.05, 4.69) is 11.0 Å². The summed E-state index contributed by atoms with van der Waals surface area (Å²) in [5, 5.41) is 8.51. The van der Waals surface area contributed by atoms with Gasteiger partial charge in [0.15, 0.2) is 0 Å². The van der Waals surface area contributed by atoms with Gasteiger partial charge in [-0.3, -0.25) is 4.90 Å². The van der Waals surface area contributed by atoms with Crippen LogP contribution in [0.1, 0.15) is 6.92 Å². The van der Waals surface area contributed by atoms with Gasteiger partial charge < -0.3 is 5.73 Å². The summed E-state index contributed by atoms with van der Waals surface area (Å²) in [4.78, 5) is 2.14. The van der Waals surface area contributed by atoms with Gasteiger partial charge in [0.25, 0.3) is 0 Å². The minimum absolute atomic E-state index is 0.0720. The standard InChI is InChI=1S/C7H13N3/c1-6(2-8)10-4-7(3-9)5-10/h6-7H,3-5,9H2,1H3. The summed E-state index contributed by atoms with van der Waals surface area (Å²) in [5.41, 5.74) is 5.43. The van der Waals surface area contributed by atoms with Gasteiger partial charge in [-0.2, -0.15) is 5.26 Å². The summed E-state index contributed by atoms with van der Waals surface area (Å²) in [7, 11) is 0. The van der Waals surface area contributed by atoms with Gasteiger partial charge >= 0.3 is 0 Å². The smallest absolute Gasteiger partial charge is 0.0949 e. The van der Waals surface area contributed by atoms with Gasteiger partial charge in [-0.25, -0.2) is 0 Å². The first-order chi connectivity index (χ1) is 4.77. The van der Waals surface area contributed by atoms with E-state index in [4.69, 9.17) is 11.0 Å². The molecule has 0 radical (unpaired) electrons. The van der Waals surface area contributed by atoms with E-state index < -0.39 is 0 Å². The van der Waals surface area contributed by atoms with E-state index in [-0.39, 0.29) is 6.04 Å². The molecule has 1 atom stereocenters. The van der Waals surface area contributed by atoms with E-state index in [1.165, 1.54) is 0 Å². The van der Waals surface area contributed by atoms with Gasteiger partial charge in [0.1, 0.15) is 0 Å². The molecule has 0 aromatic heterocycles. The van der Waals surface area contributed by atoms with Crippen molar-refractivity contribution >= 4 is 0 Å². The SMILES string of the molecule is CC(C#N)N1CC(CN)C1. The van der Waals surface area contributed by atoms with Crippen LogP contribution in [0.2, 0.25) is 0 Å². The number of rotatable bonds is 2. The van der Waals surface area contributed by atoms with Crippen molar-refractivity contribution in [3.8, 4) is 6.07 Å². The normalized spacial score (nSPS) is 23.3. The van der Waals surface area contributed by atoms with Crippen molar-refractivity contribution in [1.82, 2.24) is 4.90 Å². The number of likely N-dealkylation sites (tertiary alicyclic amines) is 1. The Labute approximate surface area is 61.4 Å². The molecule has 0 spiro atoms. The molecule has 3 nitrogen and oxygen atoms in total. The van der Waals surface area contributed by atoms with Crippen LogP contribution >= 0.6 is 0 Å². The van der Waals surface area contributed by atoms with E-state index in [1.807, 2.05) is 6.92 Å². The van der Waals surface area contributed by atoms with Gasteiger partial charge in [-0.05, 0) is 19.4 Å². The second kappa shape index (κ2) is 3.00. The third-order valence-corrected chi connectivity index (χ3v) is 2.05. The van der Waals surface area contributed by atoms with Crippen molar-refractivity contribution in [2.24, 2.45) is 11.7 Å². The molecule has 0 amide bonds. The summed E-state index contributed by atoms with van der Waals surface area (Å²) in [6.07, 6.45) is 0. The molecule has 10 heavy (non-hydrogen) atoms. The minimum atomic E-state index is 0.0720. The zero-order valence-corrected chi connectivity index (χ0v) is 6.25. The molecule has 1 saturated heterocycles. The van der Waals surface area contributed by atoms with E-state index in [0.29, 0.717) is 5.92 Å². The summed E-state index contributed by atoms with van der Waals surface area (Å²) in [6, 6.07) is 2.27. The number of hydrogen-bond donors (Lipinski definition) is 1. The zero-order chi connectivity index (χ0) is 7.56. The lowest BCUT2D eigenvalue weighted by atomic mass is 9.99. The highest BCUT2D eigenvalue weighted by molar-refractivity contribution is 4.94. The van der Waals surface area contributed by atoms with Crippen molar-refractivity contribution in [3.63, 3.8) is 0 Å². The van der Waals surface area contributed by atoms with E-state index >= 15 is 0 Å². The largest absolute Gasteiger partial charge is 0.330 e. The Morgan fingerprint density at radius 3 is 2.80 bits per heavy atom. The molecule has 2 N–H and O–H groups in total. The molecule has 0 bridgehead atoms. The average molecular weight is 139 g/mol. The summed E-state index contributed by atoms with van der Waals surface area (Å²) in [5.74, 6) is 0.635. The highest BCUT2D eigenvalue weighted by Gasteiger charge is 2.28. The second-order valence-electron chi connectivity index (χ2n) is 2.86. The fourth-order valence-electron chi connectivity index (χ4n) is 1.16. The first-order valence-electron chi connectivity index (χ1n) is 3.61. The van der Waals surface area contributed by atoms with Crippen molar-refractivity contribution in [3.05, 3.63) is 0 Å². The molecular weight excluding hydrogens is 126 g/mol. The van der Waals surface area contributed by atoms with Crippen LogP contribution in [0.4, 0.5) is 0 Å². The van der Waals surface area contributed by atoms with Crippen molar-refractivity contribution in [2.45, 2.75) is 13.0 Å². The van der Waals surface area contributed by atoms with Crippen LogP contribution in [0.3, 0.4) is 0 Å². The van der Waals surface area contributed by atoms with Crippen LogP contribution in [0.15, 0.2) is 0 Å². The van der Waals surface area contributed by atoms with Crippen LogP contribution in [0, 0.1) is 17.2 Å². The van der Waals surface area contributed by atoms with Gasteiger partial charge in [-0.1, -0.05) is 0 Å². The van der Waals surface area contributed by atoms with Crippen molar-refractivity contribution < 1.29 is 0 Å². The molecule has 3 heteroatoms. The monoisotopic (exact) mass is 139 g/mol. The maximum absolute atomic E-state index is 8.51. The van der Waals surface area contributed by atoms with Crippen LogP contribution in [-0.4, -0.2) is 30.6 Å². The molecule has 0 aliphatic carbocycles. The van der Waals surface area contributed by atoms with E-state index in [1.54, 1.807) is 0 Å². The molecule has 0 aromatic carbocycles. The van der Waals surface area contributed by atoms with Crippen LogP contribution < -0.4 is 5.73 Å². The Kier molecular flexibility index (Phi) is 2.25. The fourth-order valence-corrected chi connectivity index (χ4v) is 1.16. The van der Waals surface area contributed by atoms with Gasteiger partial charge in [0.05, 0.1) is 12.1 Å². The van der Waals surface area contributed by atoms with Gasteiger partial charge in [0, 0.05) is 13.1 Å². The van der Waals surface area contributed by atoms with Crippen LogP contribution in [0.25, 0.3) is 0 Å². The quantitative estimate of drug-likeness (QED) is 0.576. The molecule has 1 heterocycles. The molecule has 0 saturated carbocycles. The lowest BCUT2D eigenvalue weighted by molar-refractivity contribution is 0.0871. The third-order valence-electron chi connectivity index (χ3n) is 2.05. The first-order valence-corrected chi connectivity index (χ1v) is 3.61. The summed E-state index contributed by atoms with van der Waals surface area (Å²) in [6.45, 7) is 4.69. The van der Waals surface area contributed by atoms with Gasteiger partial charge in [-0.15, -0.1) is 0 Å². The second-order valence-corrected chi connectivity index (χ2v) is 2.86. The van der Waals surface area contributed by atoms with Crippen LogP contribution in [-0.2, 0) is 0 Å². The Balaban J connectivity index is 2.21. The average Bonchev–Trinajstić information content (AvgIpc) is 1.85. The topological polar surface area (TPSA) is 53.0 Å². The van der Waals surface area contributed by atoms with E-state index in [9.17, 15) is 0 Å². The Bertz CT molecular complexity index is 143. The zero-order valence-electron chi connectivity index (χ0n) is 6.25. The highest BCUT2D eigenvalue weighted by Crippen LogP contribution is 2.16. The minimum Gasteiger partial charge on any atom is -0.330 e. The molecule has 0 aromatic rings. The molecule has 1 aliphatic heterocycles. The number of hydrogen-bond acceptors (Lipinski definition) is 3. The maximum atomic E-state index is 8.51. The van der Waals surface area contributed by atoms with Crippen molar-refractivity contribution in [1.29, 1.82) is 5.26 Å². The number of nitriles is 1. The Morgan fingerprint density at radius 1 is 1.80 bits per heavy atom. The highest BCUT2D eigenvalue weighted by atomic mass is 15.2. The number of nitrogens with zero attached hydrogens (tertiary/aromatic N) is 2. The van der Waals surface area contributed by atoms with Crippen LogP contribution in [0.5, 0.6) is 0 Å². The molecular formula is C7H13N3. The lowest BCUT2D eigenvalue weighted by Gasteiger charge is -2.40. The first kappa shape index (κ1) is 7.52. The summed E-state index contributed by atoms with van der Waals surface area (Å²) < 4.78 is 0. The summed E-state index contributed by atoms with van der Waals surface area (Å²) >= 11 is 0. The van der Waals surface area contributed by atoms with Gasteiger partial charge in [0.2, 0.25) is 0 Å². The predicted molar refractivity (Wildman–Crippen MR) is 39.2 cm³/mol. The maximum Gasteiger partial charge on any atom is 0.0949 e.